The van der Waals surface area contributed by atoms with Gasteiger partial charge < -0.3 is 15.3 Å². The monoisotopic (exact) mass is 262 g/mol. The van der Waals surface area contributed by atoms with Gasteiger partial charge in [0, 0.05) is 24.8 Å². The minimum atomic E-state index is -0.853. The van der Waals surface area contributed by atoms with Crippen LogP contribution in [0.4, 0.5) is 11.4 Å². The molecular weight excluding hydrogens is 244 g/mol. The first-order valence-electron chi connectivity index (χ1n) is 6.43. The van der Waals surface area contributed by atoms with Crippen LogP contribution in [-0.2, 0) is 16.0 Å². The van der Waals surface area contributed by atoms with Crippen molar-refractivity contribution in [2.45, 2.75) is 32.7 Å². The van der Waals surface area contributed by atoms with Crippen molar-refractivity contribution in [1.82, 2.24) is 0 Å². The summed E-state index contributed by atoms with van der Waals surface area (Å²) in [5, 5.41) is 12.0. The SMILES string of the molecule is CCC(Nc1ccc2c(c1)CCN2C(C)=O)C(=O)O. The van der Waals surface area contributed by atoms with Gasteiger partial charge in [-0.3, -0.25) is 4.79 Å². The van der Waals surface area contributed by atoms with Gasteiger partial charge in [-0.1, -0.05) is 6.92 Å². The van der Waals surface area contributed by atoms with Crippen molar-refractivity contribution < 1.29 is 14.7 Å². The highest BCUT2D eigenvalue weighted by Crippen LogP contribution is 2.30. The molecule has 2 N–H and O–H groups in total. The van der Waals surface area contributed by atoms with E-state index in [-0.39, 0.29) is 5.91 Å². The summed E-state index contributed by atoms with van der Waals surface area (Å²) in [4.78, 5) is 24.2. The number of nitrogens with one attached hydrogen (secondary N) is 1. The molecule has 1 aliphatic heterocycles. The van der Waals surface area contributed by atoms with Crippen LogP contribution in [0.25, 0.3) is 0 Å². The van der Waals surface area contributed by atoms with E-state index >= 15 is 0 Å². The Morgan fingerprint density at radius 2 is 2.21 bits per heavy atom. The van der Waals surface area contributed by atoms with Crippen molar-refractivity contribution in [3.63, 3.8) is 0 Å². The largest absolute Gasteiger partial charge is 0.480 e. The fourth-order valence-electron chi connectivity index (χ4n) is 2.36. The normalized spacial score (nSPS) is 14.9. The summed E-state index contributed by atoms with van der Waals surface area (Å²) in [5.41, 5.74) is 2.81. The molecule has 0 aliphatic carbocycles. The van der Waals surface area contributed by atoms with Crippen LogP contribution in [0, 0.1) is 0 Å². The van der Waals surface area contributed by atoms with Gasteiger partial charge in [-0.15, -0.1) is 0 Å². The van der Waals surface area contributed by atoms with Gasteiger partial charge >= 0.3 is 5.97 Å². The van der Waals surface area contributed by atoms with Crippen LogP contribution in [0.15, 0.2) is 18.2 Å². The van der Waals surface area contributed by atoms with Crippen molar-refractivity contribution >= 4 is 23.3 Å². The first-order chi connectivity index (χ1) is 9.02. The molecule has 19 heavy (non-hydrogen) atoms. The van der Waals surface area contributed by atoms with E-state index in [4.69, 9.17) is 5.11 Å². The summed E-state index contributed by atoms with van der Waals surface area (Å²) in [6.07, 6.45) is 1.33. The molecule has 0 bridgehead atoms. The fraction of sp³-hybridized carbons (Fsp3) is 0.429. The van der Waals surface area contributed by atoms with E-state index in [1.165, 1.54) is 0 Å². The van der Waals surface area contributed by atoms with Crippen LogP contribution in [0.2, 0.25) is 0 Å². The zero-order chi connectivity index (χ0) is 14.0. The third kappa shape index (κ3) is 2.70. The summed E-state index contributed by atoms with van der Waals surface area (Å²) in [6.45, 7) is 4.08. The number of carbonyl (C=O) groups is 2. The molecule has 5 nitrogen and oxygen atoms in total. The molecule has 5 heteroatoms. The maximum Gasteiger partial charge on any atom is 0.326 e. The molecule has 0 saturated carbocycles. The number of rotatable bonds is 4. The Kier molecular flexibility index (Phi) is 3.74. The Morgan fingerprint density at radius 1 is 1.47 bits per heavy atom. The smallest absolute Gasteiger partial charge is 0.326 e. The molecule has 0 fully saturated rings. The molecule has 1 aromatic carbocycles. The van der Waals surface area contributed by atoms with Crippen LogP contribution < -0.4 is 10.2 Å². The van der Waals surface area contributed by atoms with E-state index in [1.807, 2.05) is 25.1 Å². The molecule has 102 valence electrons. The predicted octanol–water partition coefficient (Wildman–Crippen LogP) is 1.87. The molecule has 0 spiro atoms. The molecule has 1 atom stereocenters. The van der Waals surface area contributed by atoms with E-state index in [0.29, 0.717) is 13.0 Å². The lowest BCUT2D eigenvalue weighted by Crippen LogP contribution is -2.28. The van der Waals surface area contributed by atoms with Gasteiger partial charge in [0.25, 0.3) is 0 Å². The molecule has 0 aromatic heterocycles. The van der Waals surface area contributed by atoms with E-state index in [9.17, 15) is 9.59 Å². The Morgan fingerprint density at radius 3 is 2.79 bits per heavy atom. The number of carbonyl (C=O) groups excluding carboxylic acids is 1. The number of aliphatic carboxylic acids is 1. The maximum atomic E-state index is 11.4. The van der Waals surface area contributed by atoms with Gasteiger partial charge in [0.1, 0.15) is 6.04 Å². The van der Waals surface area contributed by atoms with E-state index in [0.717, 1.165) is 23.4 Å². The first-order valence-corrected chi connectivity index (χ1v) is 6.43. The Bertz CT molecular complexity index is 513. The van der Waals surface area contributed by atoms with Crippen LogP contribution >= 0.6 is 0 Å². The lowest BCUT2D eigenvalue weighted by Gasteiger charge is -2.17. The van der Waals surface area contributed by atoms with Crippen molar-refractivity contribution in [2.75, 3.05) is 16.8 Å². The third-order valence-electron chi connectivity index (χ3n) is 3.40. The summed E-state index contributed by atoms with van der Waals surface area (Å²) in [7, 11) is 0. The van der Waals surface area contributed by atoms with Gasteiger partial charge in [-0.05, 0) is 36.6 Å². The number of carboxylic acids is 1. The molecule has 1 unspecified atom stereocenters. The molecule has 0 saturated heterocycles. The number of amides is 1. The number of carboxylic acid groups (broad SMARTS) is 1. The van der Waals surface area contributed by atoms with Crippen molar-refractivity contribution in [2.24, 2.45) is 0 Å². The van der Waals surface area contributed by atoms with Crippen LogP contribution in [0.1, 0.15) is 25.8 Å². The second-order valence-electron chi connectivity index (χ2n) is 4.71. The molecule has 2 rings (SSSR count). The van der Waals surface area contributed by atoms with Crippen molar-refractivity contribution in [3.05, 3.63) is 23.8 Å². The first kappa shape index (κ1) is 13.4. The van der Waals surface area contributed by atoms with E-state index in [2.05, 4.69) is 5.32 Å². The Balaban J connectivity index is 2.19. The lowest BCUT2D eigenvalue weighted by molar-refractivity contribution is -0.138. The van der Waals surface area contributed by atoms with Gasteiger partial charge in [0.2, 0.25) is 5.91 Å². The Hall–Kier alpha value is -2.04. The maximum absolute atomic E-state index is 11.4. The number of benzene rings is 1. The molecule has 1 amide bonds. The number of fused-ring (bicyclic) bond motifs is 1. The highest BCUT2D eigenvalue weighted by molar-refractivity contribution is 5.94. The third-order valence-corrected chi connectivity index (χ3v) is 3.40. The summed E-state index contributed by atoms with van der Waals surface area (Å²) in [5.74, 6) is -0.815. The zero-order valence-corrected chi connectivity index (χ0v) is 11.1. The van der Waals surface area contributed by atoms with E-state index in [1.54, 1.807) is 11.8 Å². The van der Waals surface area contributed by atoms with Crippen molar-refractivity contribution in [1.29, 1.82) is 0 Å². The second kappa shape index (κ2) is 5.30. The highest BCUT2D eigenvalue weighted by atomic mass is 16.4. The minimum absolute atomic E-state index is 0.0384. The molecule has 1 heterocycles. The minimum Gasteiger partial charge on any atom is -0.480 e. The number of hydrogen-bond donors (Lipinski definition) is 2. The topological polar surface area (TPSA) is 69.6 Å². The summed E-state index contributed by atoms with van der Waals surface area (Å²) >= 11 is 0. The summed E-state index contributed by atoms with van der Waals surface area (Å²) < 4.78 is 0. The van der Waals surface area contributed by atoms with Crippen molar-refractivity contribution in [3.8, 4) is 0 Å². The molecule has 0 radical (unpaired) electrons. The van der Waals surface area contributed by atoms with Gasteiger partial charge in [0.05, 0.1) is 0 Å². The average molecular weight is 262 g/mol. The van der Waals surface area contributed by atoms with Gasteiger partial charge in [0.15, 0.2) is 0 Å². The van der Waals surface area contributed by atoms with Gasteiger partial charge in [-0.25, -0.2) is 4.79 Å². The van der Waals surface area contributed by atoms with Crippen LogP contribution in [-0.4, -0.2) is 29.6 Å². The lowest BCUT2D eigenvalue weighted by atomic mass is 10.1. The van der Waals surface area contributed by atoms with E-state index < -0.39 is 12.0 Å². The van der Waals surface area contributed by atoms with Crippen LogP contribution in [0.3, 0.4) is 0 Å². The molecule has 1 aliphatic rings. The second-order valence-corrected chi connectivity index (χ2v) is 4.71. The number of hydrogen-bond acceptors (Lipinski definition) is 3. The zero-order valence-electron chi connectivity index (χ0n) is 11.1. The number of anilines is 2. The summed E-state index contributed by atoms with van der Waals surface area (Å²) in [6, 6.07) is 5.05. The predicted molar refractivity (Wildman–Crippen MR) is 73.5 cm³/mol. The average Bonchev–Trinajstić information content (AvgIpc) is 2.78. The molecular formula is C14H18N2O3. The van der Waals surface area contributed by atoms with Crippen LogP contribution in [0.5, 0.6) is 0 Å². The fourth-order valence-corrected chi connectivity index (χ4v) is 2.36. The highest BCUT2D eigenvalue weighted by Gasteiger charge is 2.23. The van der Waals surface area contributed by atoms with Gasteiger partial charge in [-0.2, -0.15) is 0 Å². The standard InChI is InChI=1S/C14H18N2O3/c1-3-12(14(18)19)15-11-4-5-13-10(8-11)6-7-16(13)9(2)17/h4-5,8,12,15H,3,6-7H2,1-2H3,(H,18,19). The number of nitrogens with zero attached hydrogens (tertiary/aromatic N) is 1. The Labute approximate surface area is 112 Å². The molecule has 1 aromatic rings. The quantitative estimate of drug-likeness (QED) is 0.869.